The van der Waals surface area contributed by atoms with E-state index in [2.05, 4.69) is 5.32 Å². The molecule has 4 nitrogen and oxygen atoms in total. The third kappa shape index (κ3) is 4.89. The zero-order valence-corrected chi connectivity index (χ0v) is 13.1. The van der Waals surface area contributed by atoms with Crippen molar-refractivity contribution >= 4 is 23.6 Å². The normalized spacial score (nSPS) is 15.6. The first kappa shape index (κ1) is 17.7. The molecule has 0 aliphatic heterocycles. The van der Waals surface area contributed by atoms with E-state index in [0.29, 0.717) is 10.1 Å². The Labute approximate surface area is 136 Å². The highest BCUT2D eigenvalue weighted by Crippen LogP contribution is 2.38. The van der Waals surface area contributed by atoms with E-state index >= 15 is 0 Å². The zero-order chi connectivity index (χ0) is 17.0. The van der Waals surface area contributed by atoms with Crippen molar-refractivity contribution in [2.45, 2.75) is 42.0 Å². The van der Waals surface area contributed by atoms with Gasteiger partial charge in [0.2, 0.25) is 5.91 Å². The van der Waals surface area contributed by atoms with Crippen LogP contribution in [0, 0.1) is 0 Å². The van der Waals surface area contributed by atoms with Crippen LogP contribution in [0.15, 0.2) is 23.1 Å². The number of thioether (sulfide) groups is 1. The van der Waals surface area contributed by atoms with Crippen LogP contribution in [0.3, 0.4) is 0 Å². The van der Waals surface area contributed by atoms with Gasteiger partial charge in [0.05, 0.1) is 17.7 Å². The van der Waals surface area contributed by atoms with Gasteiger partial charge in [0.1, 0.15) is 0 Å². The number of alkyl halides is 3. The number of amides is 2. The Morgan fingerprint density at radius 1 is 1.26 bits per heavy atom. The minimum Gasteiger partial charge on any atom is -0.368 e. The molecule has 0 aromatic heterocycles. The Morgan fingerprint density at radius 3 is 2.48 bits per heavy atom. The van der Waals surface area contributed by atoms with E-state index in [1.54, 1.807) is 0 Å². The van der Waals surface area contributed by atoms with Crippen LogP contribution in [0.25, 0.3) is 0 Å². The van der Waals surface area contributed by atoms with Crippen molar-refractivity contribution < 1.29 is 22.8 Å². The first-order valence-electron chi connectivity index (χ1n) is 7.22. The third-order valence-corrected chi connectivity index (χ3v) is 4.99. The van der Waals surface area contributed by atoms with Gasteiger partial charge in [-0.3, -0.25) is 9.59 Å². The molecule has 1 aliphatic carbocycles. The number of nitrogens with two attached hydrogens (primary N) is 1. The molecule has 0 spiro atoms. The van der Waals surface area contributed by atoms with Gasteiger partial charge >= 0.3 is 6.18 Å². The summed E-state index contributed by atoms with van der Waals surface area (Å²) in [6.07, 6.45) is -0.402. The Bertz CT molecular complexity index is 599. The van der Waals surface area contributed by atoms with E-state index in [-0.39, 0.29) is 5.56 Å². The highest BCUT2D eigenvalue weighted by Gasteiger charge is 2.32. The maximum atomic E-state index is 12.9. The summed E-state index contributed by atoms with van der Waals surface area (Å²) < 4.78 is 38.6. The van der Waals surface area contributed by atoms with Crippen LogP contribution in [0.4, 0.5) is 13.2 Å². The molecule has 126 valence electrons. The number of hydrogen-bond acceptors (Lipinski definition) is 3. The molecule has 0 unspecified atom stereocenters. The van der Waals surface area contributed by atoms with Gasteiger partial charge in [0.25, 0.3) is 5.91 Å². The number of rotatable bonds is 5. The lowest BCUT2D eigenvalue weighted by molar-refractivity contribution is -0.137. The second kappa shape index (κ2) is 7.25. The maximum absolute atomic E-state index is 12.9. The van der Waals surface area contributed by atoms with Crippen molar-refractivity contribution in [1.29, 1.82) is 0 Å². The molecule has 1 saturated carbocycles. The number of hydrogen-bond donors (Lipinski definition) is 2. The lowest BCUT2D eigenvalue weighted by Crippen LogP contribution is -2.33. The zero-order valence-electron chi connectivity index (χ0n) is 12.3. The van der Waals surface area contributed by atoms with Crippen LogP contribution in [0.5, 0.6) is 0 Å². The summed E-state index contributed by atoms with van der Waals surface area (Å²) >= 11 is 1.42. The maximum Gasteiger partial charge on any atom is 0.416 e. The highest BCUT2D eigenvalue weighted by molar-refractivity contribution is 8.00. The molecular weight excluding hydrogens is 329 g/mol. The lowest BCUT2D eigenvalue weighted by Gasteiger charge is -2.15. The predicted octanol–water partition coefficient (Wildman–Crippen LogP) is 2.96. The molecule has 1 fully saturated rings. The van der Waals surface area contributed by atoms with E-state index in [1.165, 1.54) is 17.8 Å². The number of benzene rings is 1. The van der Waals surface area contributed by atoms with E-state index in [0.717, 1.165) is 37.8 Å². The summed E-state index contributed by atoms with van der Waals surface area (Å²) in [6, 6.07) is 3.13. The van der Waals surface area contributed by atoms with Gasteiger partial charge in [0.15, 0.2) is 0 Å². The monoisotopic (exact) mass is 346 g/mol. The molecule has 2 amide bonds. The van der Waals surface area contributed by atoms with E-state index in [1.807, 2.05) is 0 Å². The second-order valence-electron chi connectivity index (χ2n) is 5.38. The highest BCUT2D eigenvalue weighted by atomic mass is 32.2. The SMILES string of the molecule is NC(=O)CNC(=O)c1cc(C(F)(F)F)ccc1SC1CCCC1. The largest absolute Gasteiger partial charge is 0.416 e. The molecule has 1 aromatic carbocycles. The predicted molar refractivity (Wildman–Crippen MR) is 81.1 cm³/mol. The third-order valence-electron chi connectivity index (χ3n) is 3.57. The van der Waals surface area contributed by atoms with Crippen molar-refractivity contribution in [3.05, 3.63) is 29.3 Å². The van der Waals surface area contributed by atoms with E-state index in [4.69, 9.17) is 5.73 Å². The summed E-state index contributed by atoms with van der Waals surface area (Å²) in [4.78, 5) is 23.4. The molecule has 3 N–H and O–H groups in total. The van der Waals surface area contributed by atoms with Crippen molar-refractivity contribution in [1.82, 2.24) is 5.32 Å². The van der Waals surface area contributed by atoms with Crippen molar-refractivity contribution in [3.63, 3.8) is 0 Å². The van der Waals surface area contributed by atoms with Crippen LogP contribution in [-0.2, 0) is 11.0 Å². The summed E-state index contributed by atoms with van der Waals surface area (Å²) in [5.74, 6) is -1.48. The van der Waals surface area contributed by atoms with Gasteiger partial charge in [-0.1, -0.05) is 12.8 Å². The molecule has 0 bridgehead atoms. The van der Waals surface area contributed by atoms with Crippen LogP contribution >= 0.6 is 11.8 Å². The molecular formula is C15H17F3N2O2S. The van der Waals surface area contributed by atoms with Gasteiger partial charge in [-0.05, 0) is 31.0 Å². The Balaban J connectivity index is 2.28. The Kier molecular flexibility index (Phi) is 5.56. The fourth-order valence-corrected chi connectivity index (χ4v) is 3.79. The molecule has 2 rings (SSSR count). The quantitative estimate of drug-likeness (QED) is 0.861. The first-order valence-corrected chi connectivity index (χ1v) is 8.09. The van der Waals surface area contributed by atoms with Gasteiger partial charge in [-0.2, -0.15) is 13.2 Å². The standard InChI is InChI=1S/C15H17F3N2O2S/c16-15(17,18)9-5-6-12(23-10-3-1-2-4-10)11(7-9)14(22)20-8-13(19)21/h5-7,10H,1-4,8H2,(H2,19,21)(H,20,22). The molecule has 0 radical (unpaired) electrons. The second-order valence-corrected chi connectivity index (χ2v) is 6.72. The minimum absolute atomic E-state index is 0.0713. The fraction of sp³-hybridized carbons (Fsp3) is 0.467. The summed E-state index contributed by atoms with van der Waals surface area (Å²) in [5, 5.41) is 2.55. The molecule has 23 heavy (non-hydrogen) atoms. The average molecular weight is 346 g/mol. The van der Waals surface area contributed by atoms with Gasteiger partial charge in [-0.15, -0.1) is 11.8 Å². The van der Waals surface area contributed by atoms with Crippen molar-refractivity contribution in [2.75, 3.05) is 6.54 Å². The molecule has 1 aliphatic rings. The Morgan fingerprint density at radius 2 is 1.91 bits per heavy atom. The van der Waals surface area contributed by atoms with E-state index in [9.17, 15) is 22.8 Å². The molecule has 0 saturated heterocycles. The smallest absolute Gasteiger partial charge is 0.368 e. The van der Waals surface area contributed by atoms with Gasteiger partial charge in [0, 0.05) is 10.1 Å². The first-order chi connectivity index (χ1) is 10.8. The van der Waals surface area contributed by atoms with Gasteiger partial charge in [-0.25, -0.2) is 0 Å². The number of carbonyl (C=O) groups is 2. The minimum atomic E-state index is -4.53. The van der Waals surface area contributed by atoms with Crippen LogP contribution in [-0.4, -0.2) is 23.6 Å². The number of halogens is 3. The number of nitrogens with one attached hydrogen (secondary N) is 1. The van der Waals surface area contributed by atoms with E-state index < -0.39 is 30.1 Å². The molecule has 1 aromatic rings. The summed E-state index contributed by atoms with van der Waals surface area (Å²) in [7, 11) is 0. The lowest BCUT2D eigenvalue weighted by atomic mass is 10.1. The number of carbonyl (C=O) groups excluding carboxylic acids is 2. The fourth-order valence-electron chi connectivity index (χ4n) is 2.43. The molecule has 0 heterocycles. The number of primary amides is 1. The van der Waals surface area contributed by atoms with Crippen molar-refractivity contribution in [3.8, 4) is 0 Å². The average Bonchev–Trinajstić information content (AvgIpc) is 2.97. The molecule has 0 atom stereocenters. The van der Waals surface area contributed by atoms with Crippen LogP contribution in [0.1, 0.15) is 41.6 Å². The summed E-state index contributed by atoms with van der Waals surface area (Å²) in [6.45, 7) is -0.414. The topological polar surface area (TPSA) is 72.2 Å². The molecule has 8 heteroatoms. The van der Waals surface area contributed by atoms with Gasteiger partial charge < -0.3 is 11.1 Å². The van der Waals surface area contributed by atoms with Crippen molar-refractivity contribution in [2.24, 2.45) is 5.73 Å². The van der Waals surface area contributed by atoms with Crippen LogP contribution in [0.2, 0.25) is 0 Å². The summed E-state index contributed by atoms with van der Waals surface area (Å²) in [5.41, 5.74) is 3.99. The Hall–Kier alpha value is -1.70. The van der Waals surface area contributed by atoms with Crippen LogP contribution < -0.4 is 11.1 Å².